The topological polar surface area (TPSA) is 98.2 Å². The summed E-state index contributed by atoms with van der Waals surface area (Å²) in [5, 5.41) is 13.6. The lowest BCUT2D eigenvalue weighted by Gasteiger charge is -2.19. The van der Waals surface area contributed by atoms with Gasteiger partial charge in [0.25, 0.3) is 5.89 Å². The molecule has 0 saturated heterocycles. The van der Waals surface area contributed by atoms with Crippen LogP contribution in [-0.2, 0) is 16.0 Å². The fraction of sp³-hybridized carbons (Fsp3) is 0.385. The van der Waals surface area contributed by atoms with Crippen molar-refractivity contribution in [2.45, 2.75) is 66.1 Å². The zero-order valence-electron chi connectivity index (χ0n) is 19.9. The van der Waals surface area contributed by atoms with Gasteiger partial charge in [-0.1, -0.05) is 23.4 Å². The minimum absolute atomic E-state index is 0.0342. The van der Waals surface area contributed by atoms with Crippen LogP contribution in [0.3, 0.4) is 0 Å². The summed E-state index contributed by atoms with van der Waals surface area (Å²) < 4.78 is 16.5. The summed E-state index contributed by atoms with van der Waals surface area (Å²) in [6, 6.07) is 13.3. The normalized spacial score (nSPS) is 11.3. The Balaban J connectivity index is 1.75. The Labute approximate surface area is 194 Å². The lowest BCUT2D eigenvalue weighted by molar-refractivity contribution is -0.154. The maximum Gasteiger partial charge on any atom is 0.306 e. The molecule has 0 N–H and O–H groups in total. The molecule has 0 unspecified atom stereocenters. The Hall–Kier alpha value is -3.66. The summed E-state index contributed by atoms with van der Waals surface area (Å²) in [6.07, 6.45) is 0.878. The van der Waals surface area contributed by atoms with Crippen molar-refractivity contribution in [1.29, 1.82) is 5.26 Å². The van der Waals surface area contributed by atoms with E-state index in [4.69, 9.17) is 14.0 Å². The van der Waals surface area contributed by atoms with Crippen molar-refractivity contribution in [2.24, 2.45) is 0 Å². The summed E-state index contributed by atoms with van der Waals surface area (Å²) >= 11 is 0. The molecule has 7 heteroatoms. The molecule has 0 bridgehead atoms. The zero-order chi connectivity index (χ0) is 24.2. The second kappa shape index (κ2) is 9.86. The first-order chi connectivity index (χ1) is 15.6. The molecular formula is C26H29N3O4. The van der Waals surface area contributed by atoms with Crippen molar-refractivity contribution in [2.75, 3.05) is 0 Å². The van der Waals surface area contributed by atoms with Gasteiger partial charge in [-0.2, -0.15) is 10.2 Å². The van der Waals surface area contributed by atoms with Crippen LogP contribution in [0.4, 0.5) is 0 Å². The Morgan fingerprint density at radius 2 is 1.94 bits per heavy atom. The van der Waals surface area contributed by atoms with Gasteiger partial charge >= 0.3 is 5.97 Å². The van der Waals surface area contributed by atoms with Crippen molar-refractivity contribution >= 4 is 5.97 Å². The fourth-order valence-electron chi connectivity index (χ4n) is 3.33. The molecule has 0 saturated carbocycles. The maximum absolute atomic E-state index is 12.0. The second-order valence-corrected chi connectivity index (χ2v) is 9.15. The van der Waals surface area contributed by atoms with Crippen LogP contribution < -0.4 is 4.74 Å². The SMILES string of the molecule is Cc1cc(CCC(=O)OC(C)(C)C)ccc1-c1noc(-c2ccc(OC(C)C)c(C#N)c2)n1. The van der Waals surface area contributed by atoms with E-state index in [0.717, 1.165) is 16.7 Å². The molecule has 3 rings (SSSR count). The second-order valence-electron chi connectivity index (χ2n) is 9.15. The van der Waals surface area contributed by atoms with E-state index in [9.17, 15) is 10.1 Å². The summed E-state index contributed by atoms with van der Waals surface area (Å²) in [5.41, 5.74) is 3.42. The molecule has 0 radical (unpaired) electrons. The Morgan fingerprint density at radius 1 is 1.18 bits per heavy atom. The highest BCUT2D eigenvalue weighted by Crippen LogP contribution is 2.29. The van der Waals surface area contributed by atoms with Crippen LogP contribution in [0.25, 0.3) is 22.8 Å². The van der Waals surface area contributed by atoms with Crippen LogP contribution in [0.15, 0.2) is 40.9 Å². The minimum atomic E-state index is -0.483. The van der Waals surface area contributed by atoms with Gasteiger partial charge < -0.3 is 14.0 Å². The van der Waals surface area contributed by atoms with Crippen LogP contribution >= 0.6 is 0 Å². The number of rotatable bonds is 7. The van der Waals surface area contributed by atoms with Crippen molar-refractivity contribution in [3.05, 3.63) is 53.1 Å². The van der Waals surface area contributed by atoms with Crippen LogP contribution in [0, 0.1) is 18.3 Å². The van der Waals surface area contributed by atoms with Gasteiger partial charge in [0.05, 0.1) is 11.7 Å². The van der Waals surface area contributed by atoms with E-state index in [-0.39, 0.29) is 12.1 Å². The number of carbonyl (C=O) groups excluding carboxylic acids is 1. The van der Waals surface area contributed by atoms with Crippen LogP contribution in [0.2, 0.25) is 0 Å². The first kappa shape index (κ1) is 24.0. The molecular weight excluding hydrogens is 418 g/mol. The molecule has 0 aliphatic heterocycles. The summed E-state index contributed by atoms with van der Waals surface area (Å²) in [6.45, 7) is 11.4. The van der Waals surface area contributed by atoms with Gasteiger partial charge in [-0.25, -0.2) is 0 Å². The number of esters is 1. The van der Waals surface area contributed by atoms with E-state index in [2.05, 4.69) is 16.2 Å². The number of aryl methyl sites for hydroxylation is 2. The van der Waals surface area contributed by atoms with Crippen molar-refractivity contribution < 1.29 is 18.8 Å². The lowest BCUT2D eigenvalue weighted by Crippen LogP contribution is -2.24. The number of hydrogen-bond acceptors (Lipinski definition) is 7. The monoisotopic (exact) mass is 447 g/mol. The summed E-state index contributed by atoms with van der Waals surface area (Å²) in [4.78, 5) is 16.5. The predicted molar refractivity (Wildman–Crippen MR) is 125 cm³/mol. The smallest absolute Gasteiger partial charge is 0.306 e. The highest BCUT2D eigenvalue weighted by atomic mass is 16.6. The summed E-state index contributed by atoms with van der Waals surface area (Å²) in [7, 11) is 0. The Morgan fingerprint density at radius 3 is 2.58 bits per heavy atom. The van der Waals surface area contributed by atoms with Crippen molar-refractivity contribution in [3.63, 3.8) is 0 Å². The molecule has 1 heterocycles. The Kier molecular flexibility index (Phi) is 7.17. The van der Waals surface area contributed by atoms with Crippen molar-refractivity contribution in [3.8, 4) is 34.7 Å². The number of aromatic nitrogens is 2. The molecule has 0 spiro atoms. The Bertz CT molecular complexity index is 1180. The van der Waals surface area contributed by atoms with Crippen LogP contribution in [0.5, 0.6) is 5.75 Å². The third-order valence-electron chi connectivity index (χ3n) is 4.71. The van der Waals surface area contributed by atoms with Gasteiger partial charge in [-0.15, -0.1) is 0 Å². The van der Waals surface area contributed by atoms with E-state index in [1.165, 1.54) is 0 Å². The van der Waals surface area contributed by atoms with Gasteiger partial charge in [-0.3, -0.25) is 4.79 Å². The standard InChI is InChI=1S/C26H29N3O4/c1-16(2)31-22-11-9-19(14-20(22)15-27)25-28-24(29-33-25)21-10-7-18(13-17(21)3)8-12-23(30)32-26(4,5)6/h7,9-11,13-14,16H,8,12H2,1-6H3. The zero-order valence-corrected chi connectivity index (χ0v) is 19.9. The van der Waals surface area contributed by atoms with E-state index in [1.807, 2.05) is 59.7 Å². The average Bonchev–Trinajstić information content (AvgIpc) is 3.21. The maximum atomic E-state index is 12.0. The van der Waals surface area contributed by atoms with Gasteiger partial charge in [0.2, 0.25) is 5.82 Å². The van der Waals surface area contributed by atoms with Gasteiger partial charge in [0.15, 0.2) is 0 Å². The number of hydrogen-bond donors (Lipinski definition) is 0. The van der Waals surface area contributed by atoms with Crippen LogP contribution in [0.1, 0.15) is 57.7 Å². The first-order valence-corrected chi connectivity index (χ1v) is 10.9. The molecule has 7 nitrogen and oxygen atoms in total. The summed E-state index contributed by atoms with van der Waals surface area (Å²) in [5.74, 6) is 1.09. The number of carbonyl (C=O) groups is 1. The molecule has 0 atom stereocenters. The molecule has 0 fully saturated rings. The van der Waals surface area contributed by atoms with Crippen molar-refractivity contribution in [1.82, 2.24) is 10.1 Å². The van der Waals surface area contributed by atoms with Gasteiger partial charge in [0.1, 0.15) is 17.4 Å². The molecule has 2 aromatic carbocycles. The first-order valence-electron chi connectivity index (χ1n) is 10.9. The number of ether oxygens (including phenoxy) is 2. The van der Waals surface area contributed by atoms with Gasteiger partial charge in [0, 0.05) is 17.5 Å². The molecule has 0 amide bonds. The third-order valence-corrected chi connectivity index (χ3v) is 4.71. The molecule has 0 aliphatic carbocycles. The van der Waals surface area contributed by atoms with Crippen LogP contribution in [-0.4, -0.2) is 27.8 Å². The molecule has 0 aliphatic rings. The fourth-order valence-corrected chi connectivity index (χ4v) is 3.33. The quantitative estimate of drug-likeness (QED) is 0.432. The van der Waals surface area contributed by atoms with E-state index >= 15 is 0 Å². The third kappa shape index (κ3) is 6.42. The minimum Gasteiger partial charge on any atom is -0.490 e. The lowest BCUT2D eigenvalue weighted by atomic mass is 10.0. The highest BCUT2D eigenvalue weighted by Gasteiger charge is 2.17. The molecule has 3 aromatic rings. The average molecular weight is 448 g/mol. The molecule has 33 heavy (non-hydrogen) atoms. The largest absolute Gasteiger partial charge is 0.490 e. The van der Waals surface area contributed by atoms with E-state index in [1.54, 1.807) is 18.2 Å². The predicted octanol–water partition coefficient (Wildman–Crippen LogP) is 5.65. The highest BCUT2D eigenvalue weighted by molar-refractivity contribution is 5.70. The molecule has 172 valence electrons. The number of nitrogens with zero attached hydrogens (tertiary/aromatic N) is 3. The van der Waals surface area contributed by atoms with Gasteiger partial charge in [-0.05, 0) is 77.3 Å². The molecule has 1 aromatic heterocycles. The number of benzene rings is 2. The number of nitriles is 1. The van der Waals surface area contributed by atoms with E-state index in [0.29, 0.717) is 41.4 Å². The van der Waals surface area contributed by atoms with E-state index < -0.39 is 5.60 Å².